The fraction of sp³-hybridized carbons (Fsp3) is 0.125. The standard InChI is InChI=1S/C24H20N4O4/c1-2-32-24(31)18-14-21(23(30)27-15-17-7-3-5-10-25-17)28-12-9-16(13-20(18)28)22(29)19-8-4-6-11-26-19/h3-14H,2,15H2,1H3,(H,27,30). The van der Waals surface area contributed by atoms with Gasteiger partial charge in [-0.25, -0.2) is 4.79 Å². The number of esters is 1. The van der Waals surface area contributed by atoms with Crippen LogP contribution in [0.5, 0.6) is 0 Å². The lowest BCUT2D eigenvalue weighted by molar-refractivity contribution is 0.0528. The van der Waals surface area contributed by atoms with Crippen molar-refractivity contribution >= 4 is 23.2 Å². The molecule has 0 aliphatic heterocycles. The maximum atomic E-state index is 12.9. The first-order valence-electron chi connectivity index (χ1n) is 10.0. The first kappa shape index (κ1) is 20.9. The molecule has 0 bridgehead atoms. The van der Waals surface area contributed by atoms with Gasteiger partial charge in [0.25, 0.3) is 5.91 Å². The second-order valence-corrected chi connectivity index (χ2v) is 6.88. The largest absolute Gasteiger partial charge is 0.462 e. The summed E-state index contributed by atoms with van der Waals surface area (Å²) in [6, 6.07) is 15.1. The highest BCUT2D eigenvalue weighted by atomic mass is 16.5. The Hall–Kier alpha value is -4.33. The molecule has 4 aromatic heterocycles. The minimum Gasteiger partial charge on any atom is -0.462 e. The molecule has 0 spiro atoms. The monoisotopic (exact) mass is 428 g/mol. The number of pyridine rings is 3. The van der Waals surface area contributed by atoms with Crippen molar-refractivity contribution in [2.75, 3.05) is 6.61 Å². The zero-order chi connectivity index (χ0) is 22.5. The van der Waals surface area contributed by atoms with E-state index >= 15 is 0 Å². The molecular formula is C24H20N4O4. The van der Waals surface area contributed by atoms with Gasteiger partial charge in [0.15, 0.2) is 0 Å². The van der Waals surface area contributed by atoms with E-state index in [0.29, 0.717) is 16.8 Å². The fourth-order valence-corrected chi connectivity index (χ4v) is 3.30. The van der Waals surface area contributed by atoms with Crippen molar-refractivity contribution in [3.8, 4) is 0 Å². The van der Waals surface area contributed by atoms with Gasteiger partial charge in [-0.05, 0) is 49.4 Å². The molecule has 4 rings (SSSR count). The number of fused-ring (bicyclic) bond motifs is 1. The number of amides is 1. The number of ether oxygens (including phenoxy) is 1. The Morgan fingerprint density at radius 1 is 1.00 bits per heavy atom. The number of hydrogen-bond acceptors (Lipinski definition) is 6. The average molecular weight is 428 g/mol. The van der Waals surface area contributed by atoms with Gasteiger partial charge < -0.3 is 14.5 Å². The number of rotatable bonds is 7. The third kappa shape index (κ3) is 4.24. The summed E-state index contributed by atoms with van der Waals surface area (Å²) in [5.41, 5.74) is 2.18. The van der Waals surface area contributed by atoms with Crippen LogP contribution in [0.4, 0.5) is 0 Å². The molecule has 1 amide bonds. The molecule has 0 aliphatic rings. The zero-order valence-electron chi connectivity index (χ0n) is 17.3. The Labute approximate surface area is 183 Å². The van der Waals surface area contributed by atoms with E-state index in [-0.39, 0.29) is 41.8 Å². The molecule has 0 radical (unpaired) electrons. The van der Waals surface area contributed by atoms with E-state index < -0.39 is 5.97 Å². The van der Waals surface area contributed by atoms with Crippen LogP contribution in [0, 0.1) is 0 Å². The minimum atomic E-state index is -0.573. The number of carbonyl (C=O) groups is 3. The Bertz CT molecular complexity index is 1280. The van der Waals surface area contributed by atoms with Crippen LogP contribution in [0.15, 0.2) is 73.2 Å². The molecule has 0 fully saturated rings. The maximum absolute atomic E-state index is 12.9. The van der Waals surface area contributed by atoms with Gasteiger partial charge in [0.05, 0.1) is 29.9 Å². The fourth-order valence-electron chi connectivity index (χ4n) is 3.30. The molecule has 4 aromatic rings. The SMILES string of the molecule is CCOC(=O)c1cc(C(=O)NCc2ccccn2)n2ccc(C(=O)c3ccccn3)cc12. The second-order valence-electron chi connectivity index (χ2n) is 6.88. The topological polar surface area (TPSA) is 103 Å². The van der Waals surface area contributed by atoms with Gasteiger partial charge in [-0.1, -0.05) is 12.1 Å². The Balaban J connectivity index is 1.71. The molecule has 4 heterocycles. The van der Waals surface area contributed by atoms with Crippen molar-refractivity contribution in [3.63, 3.8) is 0 Å². The third-order valence-corrected chi connectivity index (χ3v) is 4.82. The molecule has 0 saturated heterocycles. The van der Waals surface area contributed by atoms with Gasteiger partial charge in [0, 0.05) is 24.2 Å². The van der Waals surface area contributed by atoms with E-state index in [2.05, 4.69) is 15.3 Å². The zero-order valence-corrected chi connectivity index (χ0v) is 17.3. The highest BCUT2D eigenvalue weighted by Crippen LogP contribution is 2.21. The summed E-state index contributed by atoms with van der Waals surface area (Å²) in [6.07, 6.45) is 4.77. The van der Waals surface area contributed by atoms with Crippen molar-refractivity contribution in [2.24, 2.45) is 0 Å². The van der Waals surface area contributed by atoms with E-state index in [1.807, 2.05) is 6.07 Å². The minimum absolute atomic E-state index is 0.184. The summed E-state index contributed by atoms with van der Waals surface area (Å²) in [5.74, 6) is -1.24. The molecule has 8 nitrogen and oxygen atoms in total. The number of aromatic nitrogens is 3. The third-order valence-electron chi connectivity index (χ3n) is 4.82. The van der Waals surface area contributed by atoms with Crippen molar-refractivity contribution in [1.82, 2.24) is 19.7 Å². The molecule has 160 valence electrons. The first-order valence-corrected chi connectivity index (χ1v) is 10.0. The lowest BCUT2D eigenvalue weighted by atomic mass is 10.1. The molecule has 8 heteroatoms. The Kier molecular flexibility index (Phi) is 6.03. The molecule has 0 aromatic carbocycles. The Morgan fingerprint density at radius 3 is 2.47 bits per heavy atom. The quantitative estimate of drug-likeness (QED) is 0.359. The number of nitrogens with one attached hydrogen (secondary N) is 1. The van der Waals surface area contributed by atoms with Crippen LogP contribution in [-0.2, 0) is 11.3 Å². The first-order chi connectivity index (χ1) is 15.6. The van der Waals surface area contributed by atoms with Gasteiger partial charge in [-0.3, -0.25) is 19.6 Å². The maximum Gasteiger partial charge on any atom is 0.340 e. The van der Waals surface area contributed by atoms with Crippen LogP contribution in [0.3, 0.4) is 0 Å². The molecule has 1 N–H and O–H groups in total. The molecule has 0 atom stereocenters. The van der Waals surface area contributed by atoms with Crippen LogP contribution < -0.4 is 5.32 Å². The predicted octanol–water partition coefficient (Wildman–Crippen LogP) is 3.07. The van der Waals surface area contributed by atoms with E-state index in [4.69, 9.17) is 4.74 Å². The van der Waals surface area contributed by atoms with Gasteiger partial charge in [0.1, 0.15) is 11.4 Å². The van der Waals surface area contributed by atoms with E-state index in [1.165, 1.54) is 12.3 Å². The molecule has 0 saturated carbocycles. The highest BCUT2D eigenvalue weighted by molar-refractivity contribution is 6.10. The van der Waals surface area contributed by atoms with Crippen LogP contribution >= 0.6 is 0 Å². The van der Waals surface area contributed by atoms with Crippen LogP contribution in [0.2, 0.25) is 0 Å². The number of nitrogens with zero attached hydrogens (tertiary/aromatic N) is 3. The van der Waals surface area contributed by atoms with Crippen molar-refractivity contribution in [1.29, 1.82) is 0 Å². The van der Waals surface area contributed by atoms with Gasteiger partial charge in [-0.15, -0.1) is 0 Å². The molecule has 0 aliphatic carbocycles. The average Bonchev–Trinajstić information content (AvgIpc) is 3.22. The number of ketones is 1. The van der Waals surface area contributed by atoms with Crippen molar-refractivity contribution < 1.29 is 19.1 Å². The summed E-state index contributed by atoms with van der Waals surface area (Å²) in [6.45, 7) is 2.12. The summed E-state index contributed by atoms with van der Waals surface area (Å²) in [7, 11) is 0. The van der Waals surface area contributed by atoms with Gasteiger partial charge in [0.2, 0.25) is 5.78 Å². The smallest absolute Gasteiger partial charge is 0.340 e. The summed E-state index contributed by atoms with van der Waals surface area (Å²) in [4.78, 5) is 46.5. The number of hydrogen-bond donors (Lipinski definition) is 1. The predicted molar refractivity (Wildman–Crippen MR) is 116 cm³/mol. The van der Waals surface area contributed by atoms with E-state index in [1.54, 1.807) is 66.2 Å². The van der Waals surface area contributed by atoms with E-state index in [9.17, 15) is 14.4 Å². The van der Waals surface area contributed by atoms with Crippen LogP contribution in [-0.4, -0.2) is 38.6 Å². The molecule has 32 heavy (non-hydrogen) atoms. The van der Waals surface area contributed by atoms with Gasteiger partial charge in [-0.2, -0.15) is 0 Å². The summed E-state index contributed by atoms with van der Waals surface area (Å²) < 4.78 is 6.72. The lowest BCUT2D eigenvalue weighted by Crippen LogP contribution is -2.24. The summed E-state index contributed by atoms with van der Waals surface area (Å²) >= 11 is 0. The molecule has 0 unspecified atom stereocenters. The lowest BCUT2D eigenvalue weighted by Gasteiger charge is -2.07. The van der Waals surface area contributed by atoms with Crippen LogP contribution in [0.1, 0.15) is 49.5 Å². The highest BCUT2D eigenvalue weighted by Gasteiger charge is 2.22. The van der Waals surface area contributed by atoms with Crippen LogP contribution in [0.25, 0.3) is 5.52 Å². The Morgan fingerprint density at radius 2 is 1.78 bits per heavy atom. The van der Waals surface area contributed by atoms with E-state index in [0.717, 1.165) is 0 Å². The normalized spacial score (nSPS) is 10.7. The second kappa shape index (κ2) is 9.22. The molecular weight excluding hydrogens is 408 g/mol. The van der Waals surface area contributed by atoms with Crippen molar-refractivity contribution in [3.05, 3.63) is 101 Å². The summed E-state index contributed by atoms with van der Waals surface area (Å²) in [5, 5.41) is 2.80. The van der Waals surface area contributed by atoms with Gasteiger partial charge >= 0.3 is 5.97 Å². The van der Waals surface area contributed by atoms with Crippen molar-refractivity contribution in [2.45, 2.75) is 13.5 Å². The number of carbonyl (C=O) groups excluding carboxylic acids is 3.